The molecule has 1 aliphatic rings. The van der Waals surface area contributed by atoms with Gasteiger partial charge in [0.25, 0.3) is 5.69 Å². The molecule has 4 rings (SSSR count). The number of piperazine rings is 1. The highest BCUT2D eigenvalue weighted by molar-refractivity contribution is 5.51. The van der Waals surface area contributed by atoms with E-state index in [-0.39, 0.29) is 16.7 Å². The smallest absolute Gasteiger partial charge is 0.269 e. The second-order valence-corrected chi connectivity index (χ2v) is 8.88. The number of aryl methyl sites for hydroxylation is 1. The van der Waals surface area contributed by atoms with E-state index in [9.17, 15) is 10.1 Å². The molecule has 0 amide bonds. The fraction of sp³-hybridized carbons (Fsp3) is 0.458. The first-order chi connectivity index (χ1) is 16.5. The standard InChI is InChI=1S/C24H31N7O3/c1-18(2)12-13-30-24(25-26-27-30)23(21-6-4-5-7-22(21)34-3)29-16-14-28(15-17-29)19-8-10-20(11-9-19)31(32)33/h4-11,18,23H,12-17H2,1-3H3. The van der Waals surface area contributed by atoms with Gasteiger partial charge in [-0.2, -0.15) is 0 Å². The van der Waals surface area contributed by atoms with Gasteiger partial charge < -0.3 is 9.64 Å². The number of hydrogen-bond donors (Lipinski definition) is 0. The summed E-state index contributed by atoms with van der Waals surface area (Å²) in [7, 11) is 1.68. The van der Waals surface area contributed by atoms with E-state index in [1.165, 1.54) is 0 Å². The lowest BCUT2D eigenvalue weighted by Gasteiger charge is -2.40. The zero-order valence-electron chi connectivity index (χ0n) is 19.9. The minimum Gasteiger partial charge on any atom is -0.496 e. The topological polar surface area (TPSA) is 102 Å². The number of tetrazole rings is 1. The van der Waals surface area contributed by atoms with Crippen molar-refractivity contribution in [3.63, 3.8) is 0 Å². The first-order valence-corrected chi connectivity index (χ1v) is 11.6. The zero-order valence-corrected chi connectivity index (χ0v) is 19.9. The second-order valence-electron chi connectivity index (χ2n) is 8.88. The van der Waals surface area contributed by atoms with Crippen molar-refractivity contribution in [2.24, 2.45) is 5.92 Å². The number of para-hydroxylation sites is 1. The van der Waals surface area contributed by atoms with Crippen molar-refractivity contribution in [1.82, 2.24) is 25.1 Å². The van der Waals surface area contributed by atoms with Crippen LogP contribution in [0, 0.1) is 16.0 Å². The van der Waals surface area contributed by atoms with Gasteiger partial charge in [0.15, 0.2) is 5.82 Å². The van der Waals surface area contributed by atoms with Gasteiger partial charge in [0.1, 0.15) is 11.8 Å². The van der Waals surface area contributed by atoms with Crippen LogP contribution in [0.4, 0.5) is 11.4 Å². The number of nitro benzene ring substituents is 1. The van der Waals surface area contributed by atoms with Crippen LogP contribution in [0.25, 0.3) is 0 Å². The number of rotatable bonds is 9. The van der Waals surface area contributed by atoms with Crippen molar-refractivity contribution in [3.8, 4) is 5.75 Å². The van der Waals surface area contributed by atoms with Gasteiger partial charge in [-0.1, -0.05) is 32.0 Å². The highest BCUT2D eigenvalue weighted by Gasteiger charge is 2.32. The first kappa shape index (κ1) is 23.6. The summed E-state index contributed by atoms with van der Waals surface area (Å²) in [5.74, 6) is 2.17. The number of aromatic nitrogens is 4. The zero-order chi connectivity index (χ0) is 24.1. The third-order valence-corrected chi connectivity index (χ3v) is 6.26. The number of hydrogen-bond acceptors (Lipinski definition) is 8. The molecule has 10 nitrogen and oxygen atoms in total. The Morgan fingerprint density at radius 2 is 1.76 bits per heavy atom. The van der Waals surface area contributed by atoms with Crippen LogP contribution in [0.15, 0.2) is 48.5 Å². The lowest BCUT2D eigenvalue weighted by Crippen LogP contribution is -2.48. The first-order valence-electron chi connectivity index (χ1n) is 11.6. The third-order valence-electron chi connectivity index (χ3n) is 6.26. The van der Waals surface area contributed by atoms with Gasteiger partial charge in [0.05, 0.1) is 12.0 Å². The monoisotopic (exact) mass is 465 g/mol. The molecule has 0 spiro atoms. The van der Waals surface area contributed by atoms with Crippen molar-refractivity contribution >= 4 is 11.4 Å². The summed E-state index contributed by atoms with van der Waals surface area (Å²) >= 11 is 0. The molecule has 180 valence electrons. The van der Waals surface area contributed by atoms with Crippen LogP contribution in [0.2, 0.25) is 0 Å². The molecule has 1 fully saturated rings. The molecule has 0 saturated carbocycles. The van der Waals surface area contributed by atoms with Gasteiger partial charge >= 0.3 is 0 Å². The Bertz CT molecular complexity index is 1090. The van der Waals surface area contributed by atoms with Gasteiger partial charge in [0.2, 0.25) is 0 Å². The van der Waals surface area contributed by atoms with Crippen molar-refractivity contribution in [3.05, 3.63) is 70.0 Å². The lowest BCUT2D eigenvalue weighted by molar-refractivity contribution is -0.384. The van der Waals surface area contributed by atoms with Crippen LogP contribution < -0.4 is 9.64 Å². The Morgan fingerprint density at radius 3 is 2.41 bits per heavy atom. The average molecular weight is 466 g/mol. The molecule has 2 aromatic carbocycles. The number of anilines is 1. The molecule has 1 aromatic heterocycles. The van der Waals surface area contributed by atoms with Gasteiger partial charge in [-0.05, 0) is 41.0 Å². The SMILES string of the molecule is COc1ccccc1C(c1nnnn1CCC(C)C)N1CCN(c2ccc([N+](=O)[O-])cc2)CC1. The van der Waals surface area contributed by atoms with E-state index in [0.29, 0.717) is 5.92 Å². The summed E-state index contributed by atoms with van der Waals surface area (Å²) in [5.41, 5.74) is 2.13. The summed E-state index contributed by atoms with van der Waals surface area (Å²) in [6, 6.07) is 14.6. The number of nitrogens with zero attached hydrogens (tertiary/aromatic N) is 7. The van der Waals surface area contributed by atoms with E-state index in [2.05, 4.69) is 45.2 Å². The molecule has 0 bridgehead atoms. The molecule has 0 aliphatic carbocycles. The quantitative estimate of drug-likeness (QED) is 0.349. The molecule has 0 N–H and O–H groups in total. The van der Waals surface area contributed by atoms with Crippen molar-refractivity contribution in [1.29, 1.82) is 0 Å². The minimum absolute atomic E-state index is 0.104. The van der Waals surface area contributed by atoms with E-state index in [0.717, 1.165) is 62.0 Å². The summed E-state index contributed by atoms with van der Waals surface area (Å²) in [6.45, 7) is 8.30. The number of nitro groups is 1. The minimum atomic E-state index is -0.372. The summed E-state index contributed by atoms with van der Waals surface area (Å²) in [6.07, 6.45) is 0.991. The van der Waals surface area contributed by atoms with Gasteiger partial charge in [-0.15, -0.1) is 5.10 Å². The van der Waals surface area contributed by atoms with Gasteiger partial charge in [0, 0.05) is 56.1 Å². The maximum absolute atomic E-state index is 11.0. The second kappa shape index (κ2) is 10.6. The predicted molar refractivity (Wildman–Crippen MR) is 129 cm³/mol. The molecule has 3 aromatic rings. The van der Waals surface area contributed by atoms with Crippen LogP contribution in [0.5, 0.6) is 5.75 Å². The maximum Gasteiger partial charge on any atom is 0.269 e. The molecule has 34 heavy (non-hydrogen) atoms. The largest absolute Gasteiger partial charge is 0.496 e. The average Bonchev–Trinajstić information content (AvgIpc) is 3.32. The van der Waals surface area contributed by atoms with E-state index < -0.39 is 0 Å². The van der Waals surface area contributed by atoms with Crippen LogP contribution >= 0.6 is 0 Å². The number of non-ortho nitro benzene ring substituents is 1. The number of methoxy groups -OCH3 is 1. The highest BCUT2D eigenvalue weighted by atomic mass is 16.6. The molecule has 10 heteroatoms. The molecule has 1 aliphatic heterocycles. The lowest BCUT2D eigenvalue weighted by atomic mass is 10.0. The van der Waals surface area contributed by atoms with E-state index in [4.69, 9.17) is 4.74 Å². The Hall–Kier alpha value is -3.53. The highest BCUT2D eigenvalue weighted by Crippen LogP contribution is 2.35. The number of ether oxygens (including phenoxy) is 1. The van der Waals surface area contributed by atoms with Gasteiger partial charge in [-0.25, -0.2) is 4.68 Å². The van der Waals surface area contributed by atoms with E-state index >= 15 is 0 Å². The molecular weight excluding hydrogens is 434 g/mol. The van der Waals surface area contributed by atoms with Crippen LogP contribution in [-0.2, 0) is 6.54 Å². The van der Waals surface area contributed by atoms with Crippen LogP contribution in [-0.4, -0.2) is 63.3 Å². The Kier molecular flexibility index (Phi) is 7.36. The normalized spacial score (nSPS) is 15.5. The molecule has 1 saturated heterocycles. The molecule has 1 unspecified atom stereocenters. The Labute approximate surface area is 199 Å². The summed E-state index contributed by atoms with van der Waals surface area (Å²) in [4.78, 5) is 15.2. The van der Waals surface area contributed by atoms with Crippen molar-refractivity contribution in [2.75, 3.05) is 38.2 Å². The molecule has 0 radical (unpaired) electrons. The fourth-order valence-corrected chi connectivity index (χ4v) is 4.36. The Balaban J connectivity index is 1.58. The van der Waals surface area contributed by atoms with Crippen molar-refractivity contribution < 1.29 is 9.66 Å². The number of benzene rings is 2. The van der Waals surface area contributed by atoms with E-state index in [1.54, 1.807) is 19.2 Å². The van der Waals surface area contributed by atoms with Gasteiger partial charge in [-0.3, -0.25) is 15.0 Å². The van der Waals surface area contributed by atoms with Crippen molar-refractivity contribution in [2.45, 2.75) is 32.9 Å². The van der Waals surface area contributed by atoms with Crippen LogP contribution in [0.3, 0.4) is 0 Å². The maximum atomic E-state index is 11.0. The summed E-state index contributed by atoms with van der Waals surface area (Å²) < 4.78 is 7.62. The molecule has 1 atom stereocenters. The van der Waals surface area contributed by atoms with Crippen LogP contribution in [0.1, 0.15) is 37.7 Å². The Morgan fingerprint density at radius 1 is 1.06 bits per heavy atom. The predicted octanol–water partition coefficient (Wildman–Crippen LogP) is 3.55. The third kappa shape index (κ3) is 5.17. The molecular formula is C24H31N7O3. The fourth-order valence-electron chi connectivity index (χ4n) is 4.36. The molecule has 2 heterocycles. The van der Waals surface area contributed by atoms with E-state index in [1.807, 2.05) is 35.0 Å². The summed E-state index contributed by atoms with van der Waals surface area (Å²) in [5, 5.41) is 23.7.